The Morgan fingerprint density at radius 1 is 0.535 bits per heavy atom. The highest BCUT2D eigenvalue weighted by Gasteiger charge is 2.41. The molecule has 0 unspecified atom stereocenters. The van der Waals surface area contributed by atoms with Crippen LogP contribution >= 0.6 is 0 Å². The van der Waals surface area contributed by atoms with Crippen molar-refractivity contribution in [3.8, 4) is 16.8 Å². The molecule has 8 aromatic rings. The van der Waals surface area contributed by atoms with E-state index in [4.69, 9.17) is 0 Å². The topological polar surface area (TPSA) is 20.7 Å². The fourth-order valence-corrected chi connectivity index (χ4v) is 8.40. The van der Waals surface area contributed by atoms with Crippen LogP contribution in [0.1, 0.15) is 45.2 Å². The number of nitrogens with one attached hydrogen (secondary N) is 1. The molecule has 1 aliphatic carbocycles. The van der Waals surface area contributed by atoms with E-state index in [1.807, 2.05) is 0 Å². The van der Waals surface area contributed by atoms with Gasteiger partial charge in [-0.2, -0.15) is 0 Å². The molecule has 208 valence electrons. The van der Waals surface area contributed by atoms with E-state index in [1.165, 1.54) is 88.7 Å². The van der Waals surface area contributed by atoms with Crippen LogP contribution in [0, 0.1) is 0 Å². The van der Waals surface area contributed by atoms with Gasteiger partial charge in [-0.05, 0) is 92.7 Å². The lowest BCUT2D eigenvalue weighted by Crippen LogP contribution is -2.17. The first-order valence-electron chi connectivity index (χ1n) is 15.4. The Morgan fingerprint density at radius 3 is 2.14 bits per heavy atom. The van der Waals surface area contributed by atoms with Gasteiger partial charge in [0.25, 0.3) is 0 Å². The molecule has 0 spiro atoms. The summed E-state index contributed by atoms with van der Waals surface area (Å²) in [5.41, 5.74) is 12.0. The van der Waals surface area contributed by atoms with E-state index in [-0.39, 0.29) is 10.8 Å². The molecule has 0 bridgehead atoms. The van der Waals surface area contributed by atoms with Crippen LogP contribution in [0.3, 0.4) is 0 Å². The van der Waals surface area contributed by atoms with Gasteiger partial charge in [0.15, 0.2) is 0 Å². The summed E-state index contributed by atoms with van der Waals surface area (Å²) in [5, 5.41) is 7.68. The van der Waals surface area contributed by atoms with Gasteiger partial charge in [0, 0.05) is 38.3 Å². The van der Waals surface area contributed by atoms with Gasteiger partial charge < -0.3 is 9.55 Å². The number of nitrogens with zero attached hydrogens (tertiary/aromatic N) is 1. The zero-order valence-electron chi connectivity index (χ0n) is 25.1. The predicted molar refractivity (Wildman–Crippen MR) is 184 cm³/mol. The van der Waals surface area contributed by atoms with Gasteiger partial charge in [-0.15, -0.1) is 0 Å². The SMILES string of the molecule is CC1(C)CC(C)(C)c2cc(-c3ccc4ccc(-n5c6ccccc6c6c7c(ccc65)[nH]c5ccccc57)cc4c3)ccc21. The molecule has 2 nitrogen and oxygen atoms in total. The number of fused-ring (bicyclic) bond motifs is 9. The molecule has 1 N–H and O–H groups in total. The largest absolute Gasteiger partial charge is 0.354 e. The van der Waals surface area contributed by atoms with E-state index in [0.717, 1.165) is 0 Å². The second-order valence-electron chi connectivity index (χ2n) is 13.9. The predicted octanol–water partition coefficient (Wildman–Crippen LogP) is 11.2. The fourth-order valence-electron chi connectivity index (χ4n) is 8.40. The Morgan fingerprint density at radius 2 is 1.26 bits per heavy atom. The Hall–Kier alpha value is -4.82. The number of aromatic amines is 1. The van der Waals surface area contributed by atoms with Crippen molar-refractivity contribution in [2.75, 3.05) is 0 Å². The van der Waals surface area contributed by atoms with Gasteiger partial charge in [0.05, 0.1) is 11.0 Å². The smallest absolute Gasteiger partial charge is 0.0548 e. The van der Waals surface area contributed by atoms with E-state index >= 15 is 0 Å². The van der Waals surface area contributed by atoms with Crippen LogP contribution in [-0.2, 0) is 10.8 Å². The van der Waals surface area contributed by atoms with Crippen LogP contribution in [0.25, 0.3) is 71.2 Å². The Labute approximate surface area is 251 Å². The number of para-hydroxylation sites is 2. The standard InChI is InChI=1S/C41H34N2/c1-40(2)24-41(3,4)33-23-27(16-18-32(33)40)26-14-13-25-15-17-29(22-28(25)21-26)43-36-12-8-6-10-31(36)39-37(43)20-19-35-38(39)30-9-5-7-11-34(30)42-35/h5-23,42H,24H2,1-4H3. The maximum Gasteiger partial charge on any atom is 0.0548 e. The van der Waals surface area contributed by atoms with Gasteiger partial charge in [0.1, 0.15) is 0 Å². The molecule has 0 saturated carbocycles. The maximum absolute atomic E-state index is 3.65. The van der Waals surface area contributed by atoms with Crippen LogP contribution in [0.15, 0.2) is 115 Å². The van der Waals surface area contributed by atoms with Crippen LogP contribution < -0.4 is 0 Å². The summed E-state index contributed by atoms with van der Waals surface area (Å²) >= 11 is 0. The average Bonchev–Trinajstić information content (AvgIpc) is 3.61. The molecule has 43 heavy (non-hydrogen) atoms. The number of rotatable bonds is 2. The molecule has 0 saturated heterocycles. The molecular weight excluding hydrogens is 520 g/mol. The summed E-state index contributed by atoms with van der Waals surface area (Å²) in [5.74, 6) is 0. The van der Waals surface area contributed by atoms with Crippen LogP contribution in [0.4, 0.5) is 0 Å². The van der Waals surface area contributed by atoms with Crippen LogP contribution in [-0.4, -0.2) is 9.55 Å². The number of aromatic nitrogens is 2. The van der Waals surface area contributed by atoms with Gasteiger partial charge in [-0.25, -0.2) is 0 Å². The second-order valence-corrected chi connectivity index (χ2v) is 13.9. The first kappa shape index (κ1) is 24.7. The number of hydrogen-bond acceptors (Lipinski definition) is 0. The molecule has 2 heteroatoms. The molecule has 1 aliphatic rings. The Balaban J connectivity index is 1.25. The lowest BCUT2D eigenvalue weighted by Gasteiger charge is -2.22. The average molecular weight is 555 g/mol. The Kier molecular flexibility index (Phi) is 4.83. The van der Waals surface area contributed by atoms with Crippen molar-refractivity contribution in [1.82, 2.24) is 9.55 Å². The third kappa shape index (κ3) is 3.47. The number of hydrogen-bond donors (Lipinski definition) is 1. The normalized spacial score (nSPS) is 15.7. The van der Waals surface area contributed by atoms with Gasteiger partial charge in [-0.1, -0.05) is 100 Å². The van der Waals surface area contributed by atoms with Crippen molar-refractivity contribution in [2.45, 2.75) is 44.9 Å². The van der Waals surface area contributed by atoms with Crippen molar-refractivity contribution >= 4 is 54.4 Å². The molecule has 0 atom stereocenters. The van der Waals surface area contributed by atoms with Crippen molar-refractivity contribution < 1.29 is 0 Å². The second kappa shape index (κ2) is 8.39. The van der Waals surface area contributed by atoms with Gasteiger partial charge >= 0.3 is 0 Å². The Bertz CT molecular complexity index is 2430. The summed E-state index contributed by atoms with van der Waals surface area (Å²) in [4.78, 5) is 3.65. The number of H-pyrrole nitrogens is 1. The monoisotopic (exact) mass is 554 g/mol. The van der Waals surface area contributed by atoms with E-state index in [2.05, 4.69) is 153 Å². The molecule has 0 radical (unpaired) electrons. The van der Waals surface area contributed by atoms with Crippen molar-refractivity contribution in [3.05, 3.63) is 126 Å². The molecule has 0 amide bonds. The van der Waals surface area contributed by atoms with Crippen molar-refractivity contribution in [3.63, 3.8) is 0 Å². The summed E-state index contributed by atoms with van der Waals surface area (Å²) < 4.78 is 2.44. The highest BCUT2D eigenvalue weighted by molar-refractivity contribution is 6.28. The van der Waals surface area contributed by atoms with E-state index in [0.29, 0.717) is 0 Å². The minimum atomic E-state index is 0.186. The van der Waals surface area contributed by atoms with E-state index in [9.17, 15) is 0 Å². The summed E-state index contributed by atoms with van der Waals surface area (Å²) in [7, 11) is 0. The molecular formula is C41H34N2. The zero-order valence-corrected chi connectivity index (χ0v) is 25.1. The van der Waals surface area contributed by atoms with Gasteiger partial charge in [-0.3, -0.25) is 0 Å². The lowest BCUT2D eigenvalue weighted by atomic mass is 9.82. The minimum absolute atomic E-state index is 0.186. The van der Waals surface area contributed by atoms with Crippen molar-refractivity contribution in [2.24, 2.45) is 0 Å². The molecule has 0 aliphatic heterocycles. The summed E-state index contributed by atoms with van der Waals surface area (Å²) in [6, 6.07) is 43.0. The van der Waals surface area contributed by atoms with Crippen LogP contribution in [0.5, 0.6) is 0 Å². The first-order valence-corrected chi connectivity index (χ1v) is 15.4. The summed E-state index contributed by atoms with van der Waals surface area (Å²) in [6.07, 6.45) is 1.18. The molecule has 9 rings (SSSR count). The van der Waals surface area contributed by atoms with Crippen LogP contribution in [0.2, 0.25) is 0 Å². The lowest BCUT2D eigenvalue weighted by molar-refractivity contribution is 0.403. The van der Waals surface area contributed by atoms with Crippen molar-refractivity contribution in [1.29, 1.82) is 0 Å². The quantitative estimate of drug-likeness (QED) is 0.219. The van der Waals surface area contributed by atoms with E-state index < -0.39 is 0 Å². The molecule has 6 aromatic carbocycles. The maximum atomic E-state index is 3.65. The minimum Gasteiger partial charge on any atom is -0.354 e. The summed E-state index contributed by atoms with van der Waals surface area (Å²) in [6.45, 7) is 9.56. The third-order valence-electron chi connectivity index (χ3n) is 10.1. The molecule has 2 heterocycles. The third-order valence-corrected chi connectivity index (χ3v) is 10.1. The fraction of sp³-hybridized carbons (Fsp3) is 0.171. The van der Waals surface area contributed by atoms with E-state index in [1.54, 1.807) is 0 Å². The number of benzene rings is 6. The molecule has 0 fully saturated rings. The molecule has 2 aromatic heterocycles. The first-order chi connectivity index (χ1) is 20.8. The zero-order chi connectivity index (χ0) is 29.1. The highest BCUT2D eigenvalue weighted by Crippen LogP contribution is 2.50. The van der Waals surface area contributed by atoms with Gasteiger partial charge in [0.2, 0.25) is 0 Å². The highest BCUT2D eigenvalue weighted by atomic mass is 15.0.